The minimum atomic E-state index is -3.54. The van der Waals surface area contributed by atoms with E-state index in [1.807, 2.05) is 18.2 Å². The standard InChI is InChI=1S/C18H20N4O2S2.ClH/c23-26(24,17-8-4-7-16-18(17)20-25-19-16)22-13-11-21(12-14-22)10-9-15-5-2-1-3-6-15;/h1-8H,9-14H2;1H/p-1. The lowest BCUT2D eigenvalue weighted by Crippen LogP contribution is -3.00. The van der Waals surface area contributed by atoms with Crippen LogP contribution in [0.5, 0.6) is 0 Å². The molecule has 2 heterocycles. The summed E-state index contributed by atoms with van der Waals surface area (Å²) in [5.74, 6) is 0. The Morgan fingerprint density at radius 2 is 1.67 bits per heavy atom. The molecule has 1 fully saturated rings. The van der Waals surface area contributed by atoms with Crippen LogP contribution in [0.25, 0.3) is 11.0 Å². The quantitative estimate of drug-likeness (QED) is 0.540. The normalized spacial score (nSPS) is 16.3. The van der Waals surface area contributed by atoms with Crippen LogP contribution in [-0.2, 0) is 16.4 Å². The minimum absolute atomic E-state index is 0. The predicted molar refractivity (Wildman–Crippen MR) is 103 cm³/mol. The van der Waals surface area contributed by atoms with Gasteiger partial charge in [-0.2, -0.15) is 13.1 Å². The first-order valence-corrected chi connectivity index (χ1v) is 10.8. The SMILES string of the molecule is O=S(=O)(c1cccc2nsnc12)N1CCN(CCc2ccccc2)CC1.[Cl-]. The predicted octanol–water partition coefficient (Wildman–Crippen LogP) is -0.756. The van der Waals surface area contributed by atoms with E-state index >= 15 is 0 Å². The highest BCUT2D eigenvalue weighted by atomic mass is 35.5. The van der Waals surface area contributed by atoms with Crippen LogP contribution in [-0.4, -0.2) is 59.1 Å². The molecule has 0 saturated carbocycles. The van der Waals surface area contributed by atoms with Gasteiger partial charge in [-0.05, 0) is 24.1 Å². The van der Waals surface area contributed by atoms with Crippen molar-refractivity contribution in [1.29, 1.82) is 0 Å². The van der Waals surface area contributed by atoms with Crippen molar-refractivity contribution in [2.24, 2.45) is 0 Å². The molecule has 3 aromatic rings. The first-order chi connectivity index (χ1) is 12.6. The van der Waals surface area contributed by atoms with Crippen molar-refractivity contribution < 1.29 is 20.8 Å². The number of sulfonamides is 1. The molecular weight excluding hydrogens is 404 g/mol. The monoisotopic (exact) mass is 423 g/mol. The summed E-state index contributed by atoms with van der Waals surface area (Å²) in [5, 5.41) is 0. The van der Waals surface area contributed by atoms with E-state index in [-0.39, 0.29) is 17.3 Å². The van der Waals surface area contributed by atoms with Gasteiger partial charge in [0.2, 0.25) is 10.0 Å². The van der Waals surface area contributed by atoms with Crippen LogP contribution >= 0.6 is 11.7 Å². The fourth-order valence-corrected chi connectivity index (χ4v) is 5.43. The molecule has 0 atom stereocenters. The average molecular weight is 424 g/mol. The third kappa shape index (κ3) is 4.30. The molecule has 1 saturated heterocycles. The van der Waals surface area contributed by atoms with Gasteiger partial charge in [-0.3, -0.25) is 0 Å². The lowest BCUT2D eigenvalue weighted by molar-refractivity contribution is -0.00000795. The van der Waals surface area contributed by atoms with Gasteiger partial charge in [0, 0.05) is 32.7 Å². The Bertz CT molecular complexity index is 987. The fraction of sp³-hybridized carbons (Fsp3) is 0.333. The zero-order chi connectivity index (χ0) is 18.0. The van der Waals surface area contributed by atoms with E-state index in [1.54, 1.807) is 22.5 Å². The highest BCUT2D eigenvalue weighted by molar-refractivity contribution is 7.89. The fourth-order valence-electron chi connectivity index (χ4n) is 3.25. The summed E-state index contributed by atoms with van der Waals surface area (Å²) in [6.45, 7) is 3.45. The molecule has 0 spiro atoms. The number of piperazine rings is 1. The number of hydrogen-bond acceptors (Lipinski definition) is 6. The van der Waals surface area contributed by atoms with E-state index in [0.29, 0.717) is 24.1 Å². The van der Waals surface area contributed by atoms with E-state index in [9.17, 15) is 8.42 Å². The van der Waals surface area contributed by atoms with E-state index in [2.05, 4.69) is 25.8 Å². The first kappa shape index (κ1) is 20.2. The number of aromatic nitrogens is 2. The number of rotatable bonds is 5. The van der Waals surface area contributed by atoms with Crippen molar-refractivity contribution in [3.8, 4) is 0 Å². The van der Waals surface area contributed by atoms with Gasteiger partial charge in [0.25, 0.3) is 0 Å². The Hall–Kier alpha value is -1.58. The minimum Gasteiger partial charge on any atom is -1.00 e. The number of nitrogens with zero attached hydrogens (tertiary/aromatic N) is 4. The van der Waals surface area contributed by atoms with Crippen molar-refractivity contribution >= 4 is 32.8 Å². The van der Waals surface area contributed by atoms with Crippen LogP contribution in [0.3, 0.4) is 0 Å². The topological polar surface area (TPSA) is 66.4 Å². The molecule has 2 aromatic carbocycles. The van der Waals surface area contributed by atoms with Crippen molar-refractivity contribution in [2.45, 2.75) is 11.3 Å². The molecule has 1 aliphatic heterocycles. The summed E-state index contributed by atoms with van der Waals surface area (Å²) < 4.78 is 35.9. The highest BCUT2D eigenvalue weighted by Gasteiger charge is 2.30. The second-order valence-electron chi connectivity index (χ2n) is 6.37. The van der Waals surface area contributed by atoms with E-state index in [1.165, 1.54) is 5.56 Å². The lowest BCUT2D eigenvalue weighted by Gasteiger charge is -2.34. The molecule has 27 heavy (non-hydrogen) atoms. The molecule has 0 unspecified atom stereocenters. The summed E-state index contributed by atoms with van der Waals surface area (Å²) in [6, 6.07) is 15.5. The molecule has 0 bridgehead atoms. The van der Waals surface area contributed by atoms with Gasteiger partial charge < -0.3 is 17.3 Å². The van der Waals surface area contributed by atoms with Gasteiger partial charge in [-0.25, -0.2) is 8.42 Å². The first-order valence-electron chi connectivity index (χ1n) is 8.62. The van der Waals surface area contributed by atoms with Crippen molar-refractivity contribution in [3.05, 3.63) is 54.1 Å². The van der Waals surface area contributed by atoms with Crippen LogP contribution in [0.4, 0.5) is 0 Å². The molecule has 144 valence electrons. The van der Waals surface area contributed by atoms with Gasteiger partial charge in [0.05, 0.1) is 11.7 Å². The Labute approximate surface area is 169 Å². The van der Waals surface area contributed by atoms with Gasteiger partial charge in [0.15, 0.2) is 0 Å². The third-order valence-corrected chi connectivity index (χ3v) is 7.23. The van der Waals surface area contributed by atoms with E-state index < -0.39 is 10.0 Å². The number of benzene rings is 2. The van der Waals surface area contributed by atoms with Gasteiger partial charge in [-0.1, -0.05) is 36.4 Å². The molecule has 1 aromatic heterocycles. The molecule has 9 heteroatoms. The lowest BCUT2D eigenvalue weighted by atomic mass is 10.1. The maximum absolute atomic E-state index is 13.0. The van der Waals surface area contributed by atoms with Crippen molar-refractivity contribution in [2.75, 3.05) is 32.7 Å². The Morgan fingerprint density at radius 3 is 2.41 bits per heavy atom. The summed E-state index contributed by atoms with van der Waals surface area (Å²) in [6.07, 6.45) is 0.984. The van der Waals surface area contributed by atoms with Gasteiger partial charge in [0.1, 0.15) is 15.9 Å². The summed E-state index contributed by atoms with van der Waals surface area (Å²) >= 11 is 1.04. The Kier molecular flexibility index (Phi) is 6.44. The maximum atomic E-state index is 13.0. The van der Waals surface area contributed by atoms with Crippen LogP contribution in [0, 0.1) is 0 Å². The smallest absolute Gasteiger partial charge is 0.245 e. The second-order valence-corrected chi connectivity index (χ2v) is 8.80. The third-order valence-electron chi connectivity index (χ3n) is 4.76. The van der Waals surface area contributed by atoms with E-state index in [4.69, 9.17) is 0 Å². The van der Waals surface area contributed by atoms with Crippen LogP contribution < -0.4 is 12.4 Å². The maximum Gasteiger partial charge on any atom is 0.245 e. The summed E-state index contributed by atoms with van der Waals surface area (Å²) in [5.41, 5.74) is 2.42. The Morgan fingerprint density at radius 1 is 0.926 bits per heavy atom. The van der Waals surface area contributed by atoms with Gasteiger partial charge >= 0.3 is 0 Å². The van der Waals surface area contributed by atoms with E-state index in [0.717, 1.165) is 37.8 Å². The summed E-state index contributed by atoms with van der Waals surface area (Å²) in [4.78, 5) is 2.59. The number of hydrogen-bond donors (Lipinski definition) is 0. The number of fused-ring (bicyclic) bond motifs is 1. The van der Waals surface area contributed by atoms with Crippen molar-refractivity contribution in [3.63, 3.8) is 0 Å². The second kappa shape index (κ2) is 8.62. The van der Waals surface area contributed by atoms with Crippen molar-refractivity contribution in [1.82, 2.24) is 18.0 Å². The molecule has 0 amide bonds. The van der Waals surface area contributed by atoms with Crippen LogP contribution in [0.1, 0.15) is 5.56 Å². The largest absolute Gasteiger partial charge is 1.00 e. The summed E-state index contributed by atoms with van der Waals surface area (Å²) in [7, 11) is -3.54. The molecular formula is C18H20ClN4O2S2-. The van der Waals surface area contributed by atoms with Gasteiger partial charge in [-0.15, -0.1) is 0 Å². The molecule has 4 rings (SSSR count). The highest BCUT2D eigenvalue weighted by Crippen LogP contribution is 2.25. The average Bonchev–Trinajstić information content (AvgIpc) is 3.16. The molecule has 6 nitrogen and oxygen atoms in total. The Balaban J connectivity index is 0.00000210. The molecule has 0 aliphatic carbocycles. The molecule has 1 aliphatic rings. The number of halogens is 1. The van der Waals surface area contributed by atoms with Crippen LogP contribution in [0.15, 0.2) is 53.4 Å². The zero-order valence-corrected chi connectivity index (χ0v) is 17.1. The van der Waals surface area contributed by atoms with Crippen LogP contribution in [0.2, 0.25) is 0 Å². The zero-order valence-electron chi connectivity index (χ0n) is 14.7. The molecule has 0 radical (unpaired) electrons. The molecule has 0 N–H and O–H groups in total.